The maximum atomic E-state index is 4.38. The second-order valence-electron chi connectivity index (χ2n) is 4.16. The molecule has 1 N–H and O–H groups in total. The quantitative estimate of drug-likeness (QED) is 0.878. The van der Waals surface area contributed by atoms with Gasteiger partial charge in [-0.2, -0.15) is 0 Å². The third-order valence-corrected chi connectivity index (χ3v) is 2.82. The Labute approximate surface area is 107 Å². The van der Waals surface area contributed by atoms with Crippen molar-refractivity contribution in [2.45, 2.75) is 33.6 Å². The van der Waals surface area contributed by atoms with E-state index in [1.54, 1.807) is 6.33 Å². The number of rotatable bonds is 5. The largest absolute Gasteiger partial charge is 0.370 e. The number of nitrogens with one attached hydrogen (secondary N) is 1. The first-order valence-electron chi connectivity index (χ1n) is 6.36. The van der Waals surface area contributed by atoms with Crippen molar-refractivity contribution < 1.29 is 0 Å². The van der Waals surface area contributed by atoms with Gasteiger partial charge in [0, 0.05) is 30.9 Å². The summed E-state index contributed by atoms with van der Waals surface area (Å²) >= 11 is 0. The molecule has 0 bridgehead atoms. The number of hydrogen-bond acceptors (Lipinski definition) is 4. The smallest absolute Gasteiger partial charge is 0.146 e. The third-order valence-electron chi connectivity index (χ3n) is 2.82. The fourth-order valence-corrected chi connectivity index (χ4v) is 1.97. The van der Waals surface area contributed by atoms with Crippen LogP contribution in [0.25, 0.3) is 5.82 Å². The molecule has 5 nitrogen and oxygen atoms in total. The molecule has 0 aliphatic heterocycles. The number of anilines is 1. The van der Waals surface area contributed by atoms with Crippen LogP contribution in [0.5, 0.6) is 0 Å². The van der Waals surface area contributed by atoms with Gasteiger partial charge in [0.25, 0.3) is 0 Å². The molecule has 0 saturated carbocycles. The molecule has 2 aromatic heterocycles. The Balaban J connectivity index is 2.43. The van der Waals surface area contributed by atoms with Crippen LogP contribution in [-0.4, -0.2) is 26.1 Å². The van der Waals surface area contributed by atoms with E-state index in [1.165, 1.54) is 0 Å². The van der Waals surface area contributed by atoms with E-state index in [4.69, 9.17) is 0 Å². The maximum absolute atomic E-state index is 4.38. The van der Waals surface area contributed by atoms with Gasteiger partial charge in [0.2, 0.25) is 0 Å². The topological polar surface area (TPSA) is 55.6 Å². The standard InChI is InChI=1S/C13H19N5/c1-4-6-11-15-7-8-18(11)13-10(3)12(14-5-2)16-9-17-13/h7-9H,4-6H2,1-3H3,(H,14,16,17). The molecule has 0 atom stereocenters. The Morgan fingerprint density at radius 1 is 1.22 bits per heavy atom. The summed E-state index contributed by atoms with van der Waals surface area (Å²) in [5.74, 6) is 2.84. The van der Waals surface area contributed by atoms with Crippen molar-refractivity contribution in [3.8, 4) is 5.82 Å². The van der Waals surface area contributed by atoms with Crippen LogP contribution in [0.1, 0.15) is 31.7 Å². The Kier molecular flexibility index (Phi) is 3.92. The summed E-state index contributed by atoms with van der Waals surface area (Å²) in [4.78, 5) is 13.0. The Bertz CT molecular complexity index is 518. The van der Waals surface area contributed by atoms with Gasteiger partial charge < -0.3 is 5.32 Å². The molecule has 0 spiro atoms. The van der Waals surface area contributed by atoms with Crippen molar-refractivity contribution in [3.63, 3.8) is 0 Å². The number of nitrogens with zero attached hydrogens (tertiary/aromatic N) is 4. The van der Waals surface area contributed by atoms with E-state index in [2.05, 4.69) is 34.1 Å². The fraction of sp³-hybridized carbons (Fsp3) is 0.462. The summed E-state index contributed by atoms with van der Waals surface area (Å²) in [6, 6.07) is 0. The van der Waals surface area contributed by atoms with Crippen LogP contribution in [-0.2, 0) is 6.42 Å². The highest BCUT2D eigenvalue weighted by Crippen LogP contribution is 2.19. The van der Waals surface area contributed by atoms with Crippen molar-refractivity contribution in [2.24, 2.45) is 0 Å². The van der Waals surface area contributed by atoms with Gasteiger partial charge in [-0.05, 0) is 20.3 Å². The minimum Gasteiger partial charge on any atom is -0.370 e. The van der Waals surface area contributed by atoms with Gasteiger partial charge >= 0.3 is 0 Å². The maximum Gasteiger partial charge on any atom is 0.146 e. The van der Waals surface area contributed by atoms with Gasteiger partial charge in [0.05, 0.1) is 0 Å². The summed E-state index contributed by atoms with van der Waals surface area (Å²) in [6.45, 7) is 7.09. The van der Waals surface area contributed by atoms with Crippen molar-refractivity contribution >= 4 is 5.82 Å². The highest BCUT2D eigenvalue weighted by Gasteiger charge is 2.11. The lowest BCUT2D eigenvalue weighted by atomic mass is 10.3. The first-order chi connectivity index (χ1) is 8.77. The molecule has 0 aromatic carbocycles. The summed E-state index contributed by atoms with van der Waals surface area (Å²) in [5, 5.41) is 3.24. The molecule has 2 rings (SSSR count). The number of hydrogen-bond donors (Lipinski definition) is 1. The predicted octanol–water partition coefficient (Wildman–Crippen LogP) is 2.36. The van der Waals surface area contributed by atoms with E-state index < -0.39 is 0 Å². The third kappa shape index (κ3) is 2.34. The number of aromatic nitrogens is 4. The van der Waals surface area contributed by atoms with Crippen LogP contribution in [0.2, 0.25) is 0 Å². The summed E-state index contributed by atoms with van der Waals surface area (Å²) < 4.78 is 2.04. The molecule has 0 aliphatic rings. The lowest BCUT2D eigenvalue weighted by Gasteiger charge is -2.12. The Morgan fingerprint density at radius 2 is 2.06 bits per heavy atom. The molecule has 0 unspecified atom stereocenters. The van der Waals surface area contributed by atoms with Gasteiger partial charge in [0.15, 0.2) is 0 Å². The summed E-state index contributed by atoms with van der Waals surface area (Å²) in [6.07, 6.45) is 7.39. The van der Waals surface area contributed by atoms with Crippen molar-refractivity contribution in [1.29, 1.82) is 0 Å². The molecule has 0 saturated heterocycles. The lowest BCUT2D eigenvalue weighted by molar-refractivity contribution is 0.792. The van der Waals surface area contributed by atoms with Gasteiger partial charge in [-0.25, -0.2) is 15.0 Å². The second-order valence-corrected chi connectivity index (χ2v) is 4.16. The highest BCUT2D eigenvalue weighted by atomic mass is 15.1. The molecule has 2 aromatic rings. The first-order valence-corrected chi connectivity index (χ1v) is 6.36. The molecule has 0 radical (unpaired) electrons. The summed E-state index contributed by atoms with van der Waals surface area (Å²) in [5.41, 5.74) is 1.05. The zero-order valence-corrected chi connectivity index (χ0v) is 11.1. The second kappa shape index (κ2) is 5.62. The minimum atomic E-state index is 0.850. The Morgan fingerprint density at radius 3 is 2.78 bits per heavy atom. The zero-order chi connectivity index (χ0) is 13.0. The minimum absolute atomic E-state index is 0.850. The van der Waals surface area contributed by atoms with Crippen LogP contribution in [0.15, 0.2) is 18.7 Å². The predicted molar refractivity (Wildman–Crippen MR) is 72.0 cm³/mol. The molecule has 96 valence electrons. The van der Waals surface area contributed by atoms with Crippen molar-refractivity contribution in [1.82, 2.24) is 19.5 Å². The zero-order valence-electron chi connectivity index (χ0n) is 11.1. The van der Waals surface area contributed by atoms with Crippen LogP contribution in [0, 0.1) is 6.92 Å². The van der Waals surface area contributed by atoms with Crippen molar-refractivity contribution in [3.05, 3.63) is 30.1 Å². The molecular weight excluding hydrogens is 226 g/mol. The van der Waals surface area contributed by atoms with Gasteiger partial charge in [-0.1, -0.05) is 6.92 Å². The van der Waals surface area contributed by atoms with Crippen LogP contribution < -0.4 is 5.32 Å². The van der Waals surface area contributed by atoms with E-state index in [1.807, 2.05) is 23.9 Å². The molecular formula is C13H19N5. The fourth-order valence-electron chi connectivity index (χ4n) is 1.97. The molecule has 0 fully saturated rings. The Hall–Kier alpha value is -1.91. The molecule has 2 heterocycles. The van der Waals surface area contributed by atoms with Crippen molar-refractivity contribution in [2.75, 3.05) is 11.9 Å². The van der Waals surface area contributed by atoms with Crippen LogP contribution in [0.4, 0.5) is 5.82 Å². The summed E-state index contributed by atoms with van der Waals surface area (Å²) in [7, 11) is 0. The molecule has 0 amide bonds. The number of aryl methyl sites for hydroxylation is 1. The monoisotopic (exact) mass is 245 g/mol. The van der Waals surface area contributed by atoms with E-state index in [9.17, 15) is 0 Å². The van der Waals surface area contributed by atoms with E-state index in [-0.39, 0.29) is 0 Å². The SMILES string of the molecule is CCCc1nccn1-c1ncnc(NCC)c1C. The van der Waals surface area contributed by atoms with Crippen LogP contribution >= 0.6 is 0 Å². The molecule has 18 heavy (non-hydrogen) atoms. The average Bonchev–Trinajstić information content (AvgIpc) is 2.81. The van der Waals surface area contributed by atoms with E-state index >= 15 is 0 Å². The van der Waals surface area contributed by atoms with Gasteiger partial charge in [0.1, 0.15) is 23.8 Å². The average molecular weight is 245 g/mol. The first kappa shape index (κ1) is 12.5. The van der Waals surface area contributed by atoms with Gasteiger partial charge in [-0.3, -0.25) is 4.57 Å². The normalized spacial score (nSPS) is 10.6. The van der Waals surface area contributed by atoms with Crippen LogP contribution in [0.3, 0.4) is 0 Å². The lowest BCUT2D eigenvalue weighted by Crippen LogP contribution is -2.09. The molecule has 0 aliphatic carbocycles. The number of imidazole rings is 1. The highest BCUT2D eigenvalue weighted by molar-refractivity contribution is 5.51. The van der Waals surface area contributed by atoms with E-state index in [0.717, 1.165) is 42.4 Å². The molecule has 5 heteroatoms. The van der Waals surface area contributed by atoms with E-state index in [0.29, 0.717) is 0 Å². The van der Waals surface area contributed by atoms with Gasteiger partial charge in [-0.15, -0.1) is 0 Å².